The van der Waals surface area contributed by atoms with E-state index in [1.54, 1.807) is 0 Å². The normalized spacial score (nSPS) is 22.4. The molecule has 0 aliphatic carbocycles. The maximum absolute atomic E-state index is 5.75. The molecule has 2 nitrogen and oxygen atoms in total. The van der Waals surface area contributed by atoms with E-state index in [0.29, 0.717) is 5.15 Å². The van der Waals surface area contributed by atoms with Crippen molar-refractivity contribution in [3.05, 3.63) is 23.5 Å². The third kappa shape index (κ3) is 2.18. The SMILES string of the molecule is CC1CCCN(c2ccc(Cl)nc2)C1. The molecule has 1 aromatic rings. The van der Waals surface area contributed by atoms with Crippen LogP contribution in [0.5, 0.6) is 0 Å². The number of piperidine rings is 1. The average molecular weight is 211 g/mol. The summed E-state index contributed by atoms with van der Waals surface area (Å²) in [4.78, 5) is 6.49. The van der Waals surface area contributed by atoms with Crippen molar-refractivity contribution in [3.8, 4) is 0 Å². The Labute approximate surface area is 89.9 Å². The summed E-state index contributed by atoms with van der Waals surface area (Å²) in [5, 5.41) is 0.568. The largest absolute Gasteiger partial charge is 0.370 e. The van der Waals surface area contributed by atoms with Gasteiger partial charge in [0.25, 0.3) is 0 Å². The van der Waals surface area contributed by atoms with Crippen molar-refractivity contribution in [2.24, 2.45) is 5.92 Å². The van der Waals surface area contributed by atoms with Gasteiger partial charge in [-0.2, -0.15) is 0 Å². The summed E-state index contributed by atoms with van der Waals surface area (Å²) in [5.74, 6) is 0.791. The molecule has 3 heteroatoms. The molecule has 2 rings (SSSR count). The molecule has 1 aliphatic rings. The van der Waals surface area contributed by atoms with Crippen LogP contribution in [0.15, 0.2) is 18.3 Å². The summed E-state index contributed by atoms with van der Waals surface area (Å²) < 4.78 is 0. The summed E-state index contributed by atoms with van der Waals surface area (Å²) in [6, 6.07) is 3.91. The monoisotopic (exact) mass is 210 g/mol. The zero-order valence-corrected chi connectivity index (χ0v) is 9.17. The number of hydrogen-bond donors (Lipinski definition) is 0. The third-order valence-electron chi connectivity index (χ3n) is 2.73. The smallest absolute Gasteiger partial charge is 0.129 e. The number of aromatic nitrogens is 1. The van der Waals surface area contributed by atoms with E-state index < -0.39 is 0 Å². The van der Waals surface area contributed by atoms with Gasteiger partial charge in [-0.05, 0) is 30.9 Å². The molecule has 1 aromatic heterocycles. The fourth-order valence-corrected chi connectivity index (χ4v) is 2.09. The van der Waals surface area contributed by atoms with Crippen molar-refractivity contribution < 1.29 is 0 Å². The summed E-state index contributed by atoms with van der Waals surface area (Å²) in [7, 11) is 0. The minimum absolute atomic E-state index is 0.568. The number of anilines is 1. The van der Waals surface area contributed by atoms with Gasteiger partial charge in [0.05, 0.1) is 11.9 Å². The van der Waals surface area contributed by atoms with Crippen molar-refractivity contribution in [2.45, 2.75) is 19.8 Å². The lowest BCUT2D eigenvalue weighted by molar-refractivity contribution is 0.446. The quantitative estimate of drug-likeness (QED) is 0.663. The van der Waals surface area contributed by atoms with E-state index in [9.17, 15) is 0 Å². The molecule has 1 unspecified atom stereocenters. The summed E-state index contributed by atoms with van der Waals surface area (Å²) in [5.41, 5.74) is 1.20. The molecule has 0 saturated carbocycles. The number of pyridine rings is 1. The first-order valence-electron chi connectivity index (χ1n) is 5.12. The van der Waals surface area contributed by atoms with Crippen molar-refractivity contribution in [3.63, 3.8) is 0 Å². The second-order valence-corrected chi connectivity index (χ2v) is 4.42. The van der Waals surface area contributed by atoms with E-state index >= 15 is 0 Å². The van der Waals surface area contributed by atoms with Crippen LogP contribution in [0.4, 0.5) is 5.69 Å². The molecule has 2 heterocycles. The van der Waals surface area contributed by atoms with E-state index in [2.05, 4.69) is 16.8 Å². The van der Waals surface area contributed by atoms with Crippen LogP contribution in [0.2, 0.25) is 5.15 Å². The predicted octanol–water partition coefficient (Wildman–Crippen LogP) is 2.97. The lowest BCUT2D eigenvalue weighted by Crippen LogP contribution is -2.34. The molecule has 0 amide bonds. The van der Waals surface area contributed by atoms with Crippen molar-refractivity contribution >= 4 is 17.3 Å². The van der Waals surface area contributed by atoms with Gasteiger partial charge in [0.1, 0.15) is 5.15 Å². The van der Waals surface area contributed by atoms with E-state index in [-0.39, 0.29) is 0 Å². The number of rotatable bonds is 1. The maximum atomic E-state index is 5.75. The van der Waals surface area contributed by atoms with Crippen molar-refractivity contribution in [1.82, 2.24) is 4.98 Å². The van der Waals surface area contributed by atoms with Gasteiger partial charge >= 0.3 is 0 Å². The second-order valence-electron chi connectivity index (χ2n) is 4.03. The fraction of sp³-hybridized carbons (Fsp3) is 0.545. The van der Waals surface area contributed by atoms with E-state index in [1.807, 2.05) is 18.3 Å². The standard InChI is InChI=1S/C11H15ClN2/c1-9-3-2-6-14(8-9)10-4-5-11(12)13-7-10/h4-5,7,9H,2-3,6,8H2,1H3. The molecule has 0 aromatic carbocycles. The first kappa shape index (κ1) is 9.78. The van der Waals surface area contributed by atoms with Crippen molar-refractivity contribution in [2.75, 3.05) is 18.0 Å². The van der Waals surface area contributed by atoms with Gasteiger partial charge in [-0.15, -0.1) is 0 Å². The van der Waals surface area contributed by atoms with Crippen LogP contribution in [0.3, 0.4) is 0 Å². The Morgan fingerprint density at radius 1 is 1.50 bits per heavy atom. The van der Waals surface area contributed by atoms with Crippen LogP contribution < -0.4 is 4.90 Å². The molecule has 14 heavy (non-hydrogen) atoms. The van der Waals surface area contributed by atoms with Gasteiger partial charge in [0.2, 0.25) is 0 Å². The first-order valence-corrected chi connectivity index (χ1v) is 5.50. The van der Waals surface area contributed by atoms with Gasteiger partial charge < -0.3 is 4.90 Å². The first-order chi connectivity index (χ1) is 6.75. The Bertz CT molecular complexity index is 297. The topological polar surface area (TPSA) is 16.1 Å². The molecule has 1 atom stereocenters. The Balaban J connectivity index is 2.10. The molecule has 1 fully saturated rings. The van der Waals surface area contributed by atoms with Crippen molar-refractivity contribution in [1.29, 1.82) is 0 Å². The van der Waals surface area contributed by atoms with Gasteiger partial charge in [-0.25, -0.2) is 4.98 Å². The van der Waals surface area contributed by atoms with Crippen LogP contribution in [0, 0.1) is 5.92 Å². The predicted molar refractivity (Wildman–Crippen MR) is 59.9 cm³/mol. The highest BCUT2D eigenvalue weighted by atomic mass is 35.5. The van der Waals surface area contributed by atoms with Gasteiger partial charge in [-0.3, -0.25) is 0 Å². The molecule has 0 bridgehead atoms. The zero-order valence-electron chi connectivity index (χ0n) is 8.41. The van der Waals surface area contributed by atoms with Gasteiger partial charge in [0.15, 0.2) is 0 Å². The highest BCUT2D eigenvalue weighted by molar-refractivity contribution is 6.29. The molecule has 76 valence electrons. The molecular weight excluding hydrogens is 196 g/mol. The molecule has 0 spiro atoms. The molecular formula is C11H15ClN2. The zero-order chi connectivity index (χ0) is 9.97. The number of hydrogen-bond acceptors (Lipinski definition) is 2. The van der Waals surface area contributed by atoms with E-state index in [1.165, 1.54) is 18.5 Å². The highest BCUT2D eigenvalue weighted by Crippen LogP contribution is 2.22. The lowest BCUT2D eigenvalue weighted by Gasteiger charge is -2.32. The van der Waals surface area contributed by atoms with Crippen LogP contribution in [-0.2, 0) is 0 Å². The number of nitrogens with zero attached hydrogens (tertiary/aromatic N) is 2. The second kappa shape index (κ2) is 4.18. The van der Waals surface area contributed by atoms with Crippen LogP contribution in [0.25, 0.3) is 0 Å². The third-order valence-corrected chi connectivity index (χ3v) is 2.96. The van der Waals surface area contributed by atoms with Gasteiger partial charge in [0, 0.05) is 13.1 Å². The van der Waals surface area contributed by atoms with Gasteiger partial charge in [-0.1, -0.05) is 18.5 Å². The fourth-order valence-electron chi connectivity index (χ4n) is 1.98. The summed E-state index contributed by atoms with van der Waals surface area (Å²) in [6.07, 6.45) is 4.49. The number of halogens is 1. The minimum Gasteiger partial charge on any atom is -0.370 e. The lowest BCUT2D eigenvalue weighted by atomic mass is 10.00. The molecule has 0 radical (unpaired) electrons. The molecule has 1 aliphatic heterocycles. The highest BCUT2D eigenvalue weighted by Gasteiger charge is 2.16. The maximum Gasteiger partial charge on any atom is 0.129 e. The Morgan fingerprint density at radius 2 is 2.36 bits per heavy atom. The summed E-state index contributed by atoms with van der Waals surface area (Å²) >= 11 is 5.75. The minimum atomic E-state index is 0.568. The Hall–Kier alpha value is -0.760. The molecule has 1 saturated heterocycles. The average Bonchev–Trinajstić information content (AvgIpc) is 2.19. The summed E-state index contributed by atoms with van der Waals surface area (Å²) in [6.45, 7) is 4.59. The van der Waals surface area contributed by atoms with Crippen LogP contribution >= 0.6 is 11.6 Å². The van der Waals surface area contributed by atoms with E-state index in [0.717, 1.165) is 19.0 Å². The Kier molecular flexibility index (Phi) is 2.92. The van der Waals surface area contributed by atoms with E-state index in [4.69, 9.17) is 11.6 Å². The Morgan fingerprint density at radius 3 is 3.00 bits per heavy atom. The van der Waals surface area contributed by atoms with Crippen LogP contribution in [0.1, 0.15) is 19.8 Å². The van der Waals surface area contributed by atoms with Crippen LogP contribution in [-0.4, -0.2) is 18.1 Å². The molecule has 0 N–H and O–H groups in total.